The van der Waals surface area contributed by atoms with E-state index in [-0.39, 0.29) is 30.4 Å². The summed E-state index contributed by atoms with van der Waals surface area (Å²) in [6, 6.07) is 1.81. The lowest BCUT2D eigenvalue weighted by Crippen LogP contribution is -2.86. The Hall–Kier alpha value is -1.86. The van der Waals surface area contributed by atoms with Crippen LogP contribution in [0.4, 0.5) is 0 Å². The molecule has 1 saturated carbocycles. The minimum absolute atomic E-state index is 0.0646. The maximum atomic E-state index is 12.8. The van der Waals surface area contributed by atoms with Gasteiger partial charge in [0.15, 0.2) is 0 Å². The fourth-order valence-corrected chi connectivity index (χ4v) is 6.78. The molecule has 144 valence electrons. The molecule has 7 heteroatoms. The van der Waals surface area contributed by atoms with E-state index >= 15 is 0 Å². The van der Waals surface area contributed by atoms with Crippen molar-refractivity contribution in [2.45, 2.75) is 57.2 Å². The van der Waals surface area contributed by atoms with E-state index in [1.54, 1.807) is 12.5 Å². The molecule has 6 heterocycles. The highest BCUT2D eigenvalue weighted by Crippen LogP contribution is 2.78. The van der Waals surface area contributed by atoms with Gasteiger partial charge in [-0.05, 0) is 25.3 Å². The molecule has 0 N–H and O–H groups in total. The van der Waals surface area contributed by atoms with Gasteiger partial charge in [-0.15, -0.1) is 0 Å². The number of hydrogen-bond acceptors (Lipinski definition) is 7. The molecule has 5 aliphatic heterocycles. The summed E-state index contributed by atoms with van der Waals surface area (Å²) in [4.78, 5) is 25.5. The van der Waals surface area contributed by atoms with E-state index in [1.165, 1.54) is 0 Å². The average Bonchev–Trinajstić information content (AvgIpc) is 3.24. The third kappa shape index (κ3) is 1.36. The maximum Gasteiger partial charge on any atom is 0.315 e. The van der Waals surface area contributed by atoms with Crippen LogP contribution in [0.1, 0.15) is 45.6 Å². The van der Waals surface area contributed by atoms with Crippen LogP contribution in [0.2, 0.25) is 0 Å². The molecule has 0 amide bonds. The second kappa shape index (κ2) is 4.25. The van der Waals surface area contributed by atoms with Gasteiger partial charge in [0, 0.05) is 18.4 Å². The first-order valence-corrected chi connectivity index (χ1v) is 9.57. The normalized spacial score (nSPS) is 55.1. The van der Waals surface area contributed by atoms with Gasteiger partial charge in [0.05, 0.1) is 29.3 Å². The fraction of sp³-hybridized carbons (Fsp3) is 0.700. The molecule has 6 aliphatic rings. The summed E-state index contributed by atoms with van der Waals surface area (Å²) in [6.07, 6.45) is 4.61. The van der Waals surface area contributed by atoms with Crippen molar-refractivity contribution in [2.24, 2.45) is 22.7 Å². The first-order valence-electron chi connectivity index (χ1n) is 9.57. The number of hydrogen-bond donors (Lipinski definition) is 0. The Morgan fingerprint density at radius 1 is 1.15 bits per heavy atom. The molecule has 1 unspecified atom stereocenters. The summed E-state index contributed by atoms with van der Waals surface area (Å²) < 4.78 is 30.3. The van der Waals surface area contributed by atoms with Crippen molar-refractivity contribution in [1.29, 1.82) is 0 Å². The zero-order chi connectivity index (χ0) is 18.9. The molecule has 7 rings (SSSR count). The van der Waals surface area contributed by atoms with Crippen LogP contribution in [0.3, 0.4) is 0 Å². The molecule has 1 aliphatic carbocycles. The Morgan fingerprint density at radius 2 is 1.96 bits per heavy atom. The van der Waals surface area contributed by atoms with Gasteiger partial charge in [-0.1, -0.05) is 13.8 Å². The first kappa shape index (κ1) is 16.1. The monoisotopic (exact) mass is 374 g/mol. The van der Waals surface area contributed by atoms with Crippen molar-refractivity contribution in [2.75, 3.05) is 6.61 Å². The van der Waals surface area contributed by atoms with Gasteiger partial charge in [0.2, 0.25) is 11.6 Å². The molecule has 1 aromatic heterocycles. The molecule has 7 atom stereocenters. The lowest BCUT2D eigenvalue weighted by Gasteiger charge is -2.76. The van der Waals surface area contributed by atoms with Crippen LogP contribution in [0, 0.1) is 22.7 Å². The predicted octanol–water partition coefficient (Wildman–Crippen LogP) is 2.49. The van der Waals surface area contributed by atoms with Gasteiger partial charge in [-0.2, -0.15) is 0 Å². The van der Waals surface area contributed by atoms with Crippen molar-refractivity contribution >= 4 is 11.9 Å². The molecule has 5 bridgehead atoms. The molecule has 0 radical (unpaired) electrons. The highest BCUT2D eigenvalue weighted by Gasteiger charge is 2.89. The second-order valence-corrected chi connectivity index (χ2v) is 9.18. The number of furan rings is 1. The lowest BCUT2D eigenvalue weighted by atomic mass is 9.41. The maximum absolute atomic E-state index is 12.8. The standard InChI is InChI=1S/C20H22O7/c1-11-13-8-18(12-4-7-23-9-12)26-19-10-24-15(22)16(19,2)5-6-20(27-18,17(13,19)3)25-14(11)21/h4,7,9,11,13H,5-6,8,10H2,1-3H3/t11-,13?,16-,17-,18-,19-,20+/m1/s1. The Bertz CT molecular complexity index is 879. The molecule has 6 fully saturated rings. The molecule has 1 aromatic rings. The van der Waals surface area contributed by atoms with Crippen molar-refractivity contribution in [3.05, 3.63) is 24.2 Å². The van der Waals surface area contributed by atoms with Crippen molar-refractivity contribution in [3.8, 4) is 0 Å². The molecule has 0 aromatic carbocycles. The van der Waals surface area contributed by atoms with Crippen molar-refractivity contribution < 1.29 is 33.0 Å². The predicted molar refractivity (Wildman–Crippen MR) is 87.8 cm³/mol. The third-order valence-corrected chi connectivity index (χ3v) is 8.43. The number of carbonyl (C=O) groups excluding carboxylic acids is 2. The van der Waals surface area contributed by atoms with Crippen molar-refractivity contribution in [1.82, 2.24) is 0 Å². The molecular weight excluding hydrogens is 352 g/mol. The van der Waals surface area contributed by atoms with Crippen LogP contribution in [-0.2, 0) is 34.3 Å². The molecule has 5 saturated heterocycles. The Balaban J connectivity index is 1.67. The highest BCUT2D eigenvalue weighted by atomic mass is 16.8. The van der Waals surface area contributed by atoms with Gasteiger partial charge in [-0.25, -0.2) is 0 Å². The van der Waals surface area contributed by atoms with E-state index in [9.17, 15) is 9.59 Å². The summed E-state index contributed by atoms with van der Waals surface area (Å²) in [6.45, 7) is 6.02. The van der Waals surface area contributed by atoms with Crippen LogP contribution in [0.5, 0.6) is 0 Å². The Labute approximate surface area is 156 Å². The van der Waals surface area contributed by atoms with E-state index in [1.807, 2.05) is 19.9 Å². The number of rotatable bonds is 1. The summed E-state index contributed by atoms with van der Waals surface area (Å²) in [7, 11) is 0. The van der Waals surface area contributed by atoms with Crippen LogP contribution >= 0.6 is 0 Å². The van der Waals surface area contributed by atoms with E-state index < -0.39 is 28.0 Å². The zero-order valence-corrected chi connectivity index (χ0v) is 15.6. The van der Waals surface area contributed by atoms with E-state index in [4.69, 9.17) is 23.4 Å². The second-order valence-electron chi connectivity index (χ2n) is 9.18. The molecule has 27 heavy (non-hydrogen) atoms. The van der Waals surface area contributed by atoms with Gasteiger partial charge >= 0.3 is 11.9 Å². The third-order valence-electron chi connectivity index (χ3n) is 8.43. The van der Waals surface area contributed by atoms with Crippen LogP contribution in [-0.4, -0.2) is 29.9 Å². The quantitative estimate of drug-likeness (QED) is 0.698. The topological polar surface area (TPSA) is 84.2 Å². The summed E-state index contributed by atoms with van der Waals surface area (Å²) in [5, 5.41) is 0. The van der Waals surface area contributed by atoms with Gasteiger partial charge < -0.3 is 23.4 Å². The zero-order valence-electron chi connectivity index (χ0n) is 15.6. The van der Waals surface area contributed by atoms with E-state index in [0.29, 0.717) is 19.3 Å². The lowest BCUT2D eigenvalue weighted by molar-refractivity contribution is -0.555. The van der Waals surface area contributed by atoms with Crippen molar-refractivity contribution in [3.63, 3.8) is 0 Å². The van der Waals surface area contributed by atoms with Crippen LogP contribution < -0.4 is 0 Å². The van der Waals surface area contributed by atoms with E-state index in [0.717, 1.165) is 5.56 Å². The van der Waals surface area contributed by atoms with Gasteiger partial charge in [0.1, 0.15) is 12.2 Å². The van der Waals surface area contributed by atoms with Crippen LogP contribution in [0.25, 0.3) is 0 Å². The van der Waals surface area contributed by atoms with Gasteiger partial charge in [-0.3, -0.25) is 9.59 Å². The molecule has 1 spiro atoms. The smallest absolute Gasteiger partial charge is 0.315 e. The number of esters is 2. The number of cyclic esters (lactones) is 1. The summed E-state index contributed by atoms with van der Waals surface area (Å²) >= 11 is 0. The highest BCUT2D eigenvalue weighted by molar-refractivity contribution is 5.82. The minimum Gasteiger partial charge on any atom is -0.472 e. The summed E-state index contributed by atoms with van der Waals surface area (Å²) in [5.41, 5.74) is -1.68. The Morgan fingerprint density at radius 3 is 2.70 bits per heavy atom. The molecule has 7 nitrogen and oxygen atoms in total. The first-order chi connectivity index (χ1) is 12.7. The number of carbonyl (C=O) groups is 2. The Kier molecular flexibility index (Phi) is 2.54. The van der Waals surface area contributed by atoms with E-state index in [2.05, 4.69) is 6.92 Å². The molecular formula is C20H22O7. The van der Waals surface area contributed by atoms with Crippen LogP contribution in [0.15, 0.2) is 23.0 Å². The minimum atomic E-state index is -1.14. The largest absolute Gasteiger partial charge is 0.472 e. The fourth-order valence-electron chi connectivity index (χ4n) is 6.78. The summed E-state index contributed by atoms with van der Waals surface area (Å²) in [5.74, 6) is -3.14. The average molecular weight is 374 g/mol. The van der Waals surface area contributed by atoms with Gasteiger partial charge in [0.25, 0.3) is 0 Å². The SMILES string of the molecule is C[C@H]1C(=O)O[C@]23CC[C@]4(C)C(=O)OC[C@@]45O[C@](c4ccoc4)(CC1[C@@]25C)O3. The number of ether oxygens (including phenoxy) is 4.